The molecule has 11 heavy (non-hydrogen) atoms. The zero-order valence-corrected chi connectivity index (χ0v) is 7.39. The van der Waals surface area contributed by atoms with Gasteiger partial charge in [-0.3, -0.25) is 0 Å². The summed E-state index contributed by atoms with van der Waals surface area (Å²) in [6.45, 7) is 2.59. The molecule has 0 radical (unpaired) electrons. The minimum Gasteiger partial charge on any atom is -0.491 e. The Morgan fingerprint density at radius 3 is 2.55 bits per heavy atom. The molecule has 1 aromatic heterocycles. The van der Waals surface area contributed by atoms with Crippen molar-refractivity contribution in [1.29, 1.82) is 0 Å². The average molecular weight is 170 g/mol. The third-order valence-corrected chi connectivity index (χ3v) is 1.67. The van der Waals surface area contributed by atoms with Crippen molar-refractivity contribution >= 4 is 11.8 Å². The fraction of sp³-hybridized carbons (Fsp3) is 0.429. The zero-order valence-electron chi connectivity index (χ0n) is 6.57. The largest absolute Gasteiger partial charge is 0.491 e. The van der Waals surface area contributed by atoms with Crippen LogP contribution >= 0.6 is 11.8 Å². The van der Waals surface area contributed by atoms with Gasteiger partial charge in [0, 0.05) is 0 Å². The van der Waals surface area contributed by atoms with Gasteiger partial charge >= 0.3 is 0 Å². The first-order valence-electron chi connectivity index (χ1n) is 3.35. The Kier molecular flexibility index (Phi) is 3.16. The summed E-state index contributed by atoms with van der Waals surface area (Å²) in [5.41, 5.74) is 0. The van der Waals surface area contributed by atoms with E-state index in [4.69, 9.17) is 4.74 Å². The Morgan fingerprint density at radius 2 is 2.09 bits per heavy atom. The van der Waals surface area contributed by atoms with Crippen molar-refractivity contribution in [3.8, 4) is 5.75 Å². The highest BCUT2D eigenvalue weighted by molar-refractivity contribution is 7.98. The van der Waals surface area contributed by atoms with Gasteiger partial charge in [-0.1, -0.05) is 11.8 Å². The molecule has 0 unspecified atom stereocenters. The van der Waals surface area contributed by atoms with Gasteiger partial charge < -0.3 is 4.74 Å². The molecule has 3 nitrogen and oxygen atoms in total. The number of aromatic nitrogens is 2. The highest BCUT2D eigenvalue weighted by Crippen LogP contribution is 2.11. The molecule has 4 heteroatoms. The molecule has 1 rings (SSSR count). The van der Waals surface area contributed by atoms with Crippen LogP contribution in [0.25, 0.3) is 0 Å². The summed E-state index contributed by atoms with van der Waals surface area (Å²) in [7, 11) is 0. The Morgan fingerprint density at radius 1 is 1.45 bits per heavy atom. The fourth-order valence-electron chi connectivity index (χ4n) is 0.651. The minimum atomic E-state index is 0.655. The molecule has 0 bridgehead atoms. The Bertz CT molecular complexity index is 212. The summed E-state index contributed by atoms with van der Waals surface area (Å²) in [6.07, 6.45) is 5.31. The minimum absolute atomic E-state index is 0.655. The molecule has 0 aliphatic rings. The van der Waals surface area contributed by atoms with Crippen molar-refractivity contribution in [2.24, 2.45) is 0 Å². The standard InChI is InChI=1S/C7H10N2OS/c1-3-10-6-4-8-7(11-2)9-5-6/h4-5H,3H2,1-2H3. The quantitative estimate of drug-likeness (QED) is 0.510. The molecule has 1 aromatic rings. The summed E-state index contributed by atoms with van der Waals surface area (Å²) in [4.78, 5) is 8.09. The van der Waals surface area contributed by atoms with Gasteiger partial charge in [0.25, 0.3) is 0 Å². The monoisotopic (exact) mass is 170 g/mol. The normalized spacial score (nSPS) is 9.64. The second-order valence-electron chi connectivity index (χ2n) is 1.84. The summed E-state index contributed by atoms with van der Waals surface area (Å²) >= 11 is 1.52. The lowest BCUT2D eigenvalue weighted by Crippen LogP contribution is -1.93. The third-order valence-electron chi connectivity index (χ3n) is 1.10. The molecule has 0 spiro atoms. The number of thioether (sulfide) groups is 1. The Balaban J connectivity index is 2.66. The number of rotatable bonds is 3. The van der Waals surface area contributed by atoms with E-state index in [9.17, 15) is 0 Å². The Labute approximate surface area is 70.2 Å². The van der Waals surface area contributed by atoms with Gasteiger partial charge in [-0.25, -0.2) is 9.97 Å². The molecule has 60 valence electrons. The Hall–Kier alpha value is -0.770. The lowest BCUT2D eigenvalue weighted by atomic mass is 10.6. The molecule has 1 heterocycles. The van der Waals surface area contributed by atoms with Crippen molar-refractivity contribution in [1.82, 2.24) is 9.97 Å². The van der Waals surface area contributed by atoms with E-state index in [1.807, 2.05) is 13.2 Å². The number of nitrogens with zero attached hydrogens (tertiary/aromatic N) is 2. The van der Waals surface area contributed by atoms with Crippen molar-refractivity contribution in [2.45, 2.75) is 12.1 Å². The molecule has 0 aromatic carbocycles. The maximum atomic E-state index is 5.17. The lowest BCUT2D eigenvalue weighted by Gasteiger charge is -2.00. The van der Waals surface area contributed by atoms with Gasteiger partial charge in [0.05, 0.1) is 19.0 Å². The van der Waals surface area contributed by atoms with Crippen LogP contribution in [0.15, 0.2) is 17.6 Å². The second kappa shape index (κ2) is 4.18. The molecule has 0 fully saturated rings. The van der Waals surface area contributed by atoms with Crippen LogP contribution in [-0.4, -0.2) is 22.8 Å². The van der Waals surface area contributed by atoms with Crippen LogP contribution in [0.3, 0.4) is 0 Å². The average Bonchev–Trinajstić information content (AvgIpc) is 2.07. The van der Waals surface area contributed by atoms with E-state index >= 15 is 0 Å². The van der Waals surface area contributed by atoms with Gasteiger partial charge in [0.1, 0.15) is 0 Å². The number of ether oxygens (including phenoxy) is 1. The van der Waals surface area contributed by atoms with Gasteiger partial charge in [0.2, 0.25) is 0 Å². The van der Waals surface area contributed by atoms with Crippen LogP contribution in [0, 0.1) is 0 Å². The van der Waals surface area contributed by atoms with E-state index in [0.717, 1.165) is 10.9 Å². The van der Waals surface area contributed by atoms with E-state index < -0.39 is 0 Å². The molecule has 0 atom stereocenters. The van der Waals surface area contributed by atoms with Crippen LogP contribution in [0.1, 0.15) is 6.92 Å². The topological polar surface area (TPSA) is 35.0 Å². The third kappa shape index (κ3) is 2.38. The van der Waals surface area contributed by atoms with Crippen molar-refractivity contribution in [2.75, 3.05) is 12.9 Å². The fourth-order valence-corrected chi connectivity index (χ4v) is 0.967. The molecule has 0 N–H and O–H groups in total. The van der Waals surface area contributed by atoms with Gasteiger partial charge in [-0.2, -0.15) is 0 Å². The first kappa shape index (κ1) is 8.33. The molecule has 0 saturated heterocycles. The highest BCUT2D eigenvalue weighted by Gasteiger charge is 1.94. The zero-order chi connectivity index (χ0) is 8.10. The summed E-state index contributed by atoms with van der Waals surface area (Å²) < 4.78 is 5.17. The van der Waals surface area contributed by atoms with Crippen LogP contribution in [0.4, 0.5) is 0 Å². The van der Waals surface area contributed by atoms with Gasteiger partial charge in [-0.05, 0) is 13.2 Å². The van der Waals surface area contributed by atoms with Gasteiger partial charge in [-0.15, -0.1) is 0 Å². The molecule has 0 amide bonds. The summed E-state index contributed by atoms with van der Waals surface area (Å²) in [5, 5.41) is 0.772. The van der Waals surface area contributed by atoms with E-state index in [1.165, 1.54) is 11.8 Å². The predicted molar refractivity (Wildman–Crippen MR) is 45.0 cm³/mol. The molecule has 0 aliphatic heterocycles. The summed E-state index contributed by atoms with van der Waals surface area (Å²) in [5.74, 6) is 0.727. The maximum Gasteiger partial charge on any atom is 0.187 e. The van der Waals surface area contributed by atoms with E-state index in [2.05, 4.69) is 9.97 Å². The van der Waals surface area contributed by atoms with Crippen LogP contribution in [0.5, 0.6) is 5.75 Å². The van der Waals surface area contributed by atoms with Crippen LogP contribution in [0.2, 0.25) is 0 Å². The number of hydrogen-bond donors (Lipinski definition) is 0. The first-order chi connectivity index (χ1) is 5.36. The molecule has 0 saturated carbocycles. The molecular formula is C7H10N2OS. The van der Waals surface area contributed by atoms with Crippen molar-refractivity contribution in [3.63, 3.8) is 0 Å². The highest BCUT2D eigenvalue weighted by atomic mass is 32.2. The first-order valence-corrected chi connectivity index (χ1v) is 4.58. The van der Waals surface area contributed by atoms with Crippen molar-refractivity contribution in [3.05, 3.63) is 12.4 Å². The molecular weight excluding hydrogens is 160 g/mol. The van der Waals surface area contributed by atoms with Crippen LogP contribution in [-0.2, 0) is 0 Å². The molecule has 0 aliphatic carbocycles. The SMILES string of the molecule is CCOc1cnc(SC)nc1. The van der Waals surface area contributed by atoms with E-state index in [0.29, 0.717) is 6.61 Å². The maximum absolute atomic E-state index is 5.17. The van der Waals surface area contributed by atoms with Crippen molar-refractivity contribution < 1.29 is 4.74 Å². The second-order valence-corrected chi connectivity index (χ2v) is 2.61. The lowest BCUT2D eigenvalue weighted by molar-refractivity contribution is 0.336. The smallest absolute Gasteiger partial charge is 0.187 e. The summed E-state index contributed by atoms with van der Waals surface area (Å²) in [6, 6.07) is 0. The van der Waals surface area contributed by atoms with E-state index in [-0.39, 0.29) is 0 Å². The van der Waals surface area contributed by atoms with E-state index in [1.54, 1.807) is 12.4 Å². The predicted octanol–water partition coefficient (Wildman–Crippen LogP) is 1.60. The number of hydrogen-bond acceptors (Lipinski definition) is 4. The van der Waals surface area contributed by atoms with Crippen LogP contribution < -0.4 is 4.74 Å². The van der Waals surface area contributed by atoms with Gasteiger partial charge in [0.15, 0.2) is 10.9 Å².